The fraction of sp³-hybridized carbons (Fsp3) is 0.333. The highest BCUT2D eigenvalue weighted by Crippen LogP contribution is 2.28. The first-order valence-corrected chi connectivity index (χ1v) is 11.5. The van der Waals surface area contributed by atoms with E-state index >= 15 is 0 Å². The van der Waals surface area contributed by atoms with Gasteiger partial charge in [0.15, 0.2) is 6.61 Å². The number of ether oxygens (including phenoxy) is 1. The number of nitrogens with zero attached hydrogens (tertiary/aromatic N) is 2. The number of hydrogen-bond donors (Lipinski definition) is 1. The number of benzene rings is 2. The molecule has 1 amide bonds. The van der Waals surface area contributed by atoms with Crippen molar-refractivity contribution >= 4 is 33.3 Å². The molecule has 0 bridgehead atoms. The smallest absolute Gasteiger partial charge is 0.310 e. The Balaban J connectivity index is 1.60. The number of carbonyl (C=O) groups excluding carboxylic acids is 2. The molecule has 2 aromatic rings. The van der Waals surface area contributed by atoms with E-state index in [1.54, 1.807) is 13.0 Å². The van der Waals surface area contributed by atoms with E-state index in [4.69, 9.17) is 4.74 Å². The Labute approximate surface area is 189 Å². The predicted octanol–water partition coefficient (Wildman–Crippen LogP) is 2.62. The second-order valence-corrected chi connectivity index (χ2v) is 9.48. The fourth-order valence-electron chi connectivity index (χ4n) is 3.51. The first-order valence-electron chi connectivity index (χ1n) is 10.1. The van der Waals surface area contributed by atoms with Gasteiger partial charge in [0.1, 0.15) is 11.5 Å². The maximum Gasteiger partial charge on any atom is 0.310 e. The minimum absolute atomic E-state index is 0.0118. The fourth-order valence-corrected chi connectivity index (χ4v) is 5.03. The molecule has 1 saturated heterocycles. The number of halogens is 1. The molecule has 3 rings (SSSR count). The third-order valence-corrected chi connectivity index (χ3v) is 7.11. The third-order valence-electron chi connectivity index (χ3n) is 5.23. The number of esters is 1. The molecular weight excluding hydrogens is 457 g/mol. The molecule has 2 aromatic carbocycles. The lowest BCUT2D eigenvalue weighted by molar-refractivity contribution is -0.384. The van der Waals surface area contributed by atoms with E-state index in [0.29, 0.717) is 18.4 Å². The van der Waals surface area contributed by atoms with Crippen molar-refractivity contribution in [2.75, 3.05) is 25.0 Å². The number of carbonyl (C=O) groups is 2. The van der Waals surface area contributed by atoms with Crippen molar-refractivity contribution in [2.45, 2.75) is 24.7 Å². The normalized spacial score (nSPS) is 16.7. The van der Waals surface area contributed by atoms with Gasteiger partial charge in [-0.3, -0.25) is 19.7 Å². The summed E-state index contributed by atoms with van der Waals surface area (Å²) in [6.45, 7) is 0.975. The Morgan fingerprint density at radius 3 is 2.61 bits per heavy atom. The summed E-state index contributed by atoms with van der Waals surface area (Å²) < 4.78 is 44.9. The van der Waals surface area contributed by atoms with E-state index in [2.05, 4.69) is 5.32 Å². The summed E-state index contributed by atoms with van der Waals surface area (Å²) in [5.74, 6) is -2.85. The van der Waals surface area contributed by atoms with Crippen LogP contribution in [0.2, 0.25) is 0 Å². The summed E-state index contributed by atoms with van der Waals surface area (Å²) in [5, 5.41) is 13.5. The highest BCUT2D eigenvalue weighted by Gasteiger charge is 2.34. The topological polar surface area (TPSA) is 136 Å². The summed E-state index contributed by atoms with van der Waals surface area (Å²) in [7, 11) is -3.92. The van der Waals surface area contributed by atoms with Crippen LogP contribution in [0.25, 0.3) is 0 Å². The number of nitro groups is 1. The van der Waals surface area contributed by atoms with Crippen molar-refractivity contribution in [3.8, 4) is 0 Å². The Morgan fingerprint density at radius 2 is 1.94 bits per heavy atom. The zero-order valence-electron chi connectivity index (χ0n) is 17.7. The monoisotopic (exact) mass is 479 g/mol. The van der Waals surface area contributed by atoms with E-state index < -0.39 is 45.2 Å². The number of sulfonamides is 1. The van der Waals surface area contributed by atoms with Gasteiger partial charge in [-0.2, -0.15) is 4.31 Å². The number of anilines is 1. The van der Waals surface area contributed by atoms with E-state index in [1.807, 2.05) is 0 Å². The highest BCUT2D eigenvalue weighted by atomic mass is 32.2. The minimum atomic E-state index is -3.92. The van der Waals surface area contributed by atoms with Gasteiger partial charge >= 0.3 is 5.97 Å². The van der Waals surface area contributed by atoms with Gasteiger partial charge in [-0.05, 0) is 49.6 Å². The number of para-hydroxylation sites is 1. The maximum absolute atomic E-state index is 13.1. The van der Waals surface area contributed by atoms with Crippen LogP contribution < -0.4 is 5.32 Å². The van der Waals surface area contributed by atoms with Crippen molar-refractivity contribution in [3.05, 3.63) is 64.0 Å². The molecule has 10 nitrogen and oxygen atoms in total. The van der Waals surface area contributed by atoms with E-state index in [1.165, 1.54) is 12.1 Å². The lowest BCUT2D eigenvalue weighted by Gasteiger charge is -2.30. The average molecular weight is 479 g/mol. The maximum atomic E-state index is 13.1. The van der Waals surface area contributed by atoms with Gasteiger partial charge in [0.2, 0.25) is 10.0 Å². The summed E-state index contributed by atoms with van der Waals surface area (Å²) in [6, 6.07) is 8.71. The zero-order valence-corrected chi connectivity index (χ0v) is 18.5. The number of amides is 1. The van der Waals surface area contributed by atoms with Crippen LogP contribution in [0.15, 0.2) is 47.4 Å². The Hall–Kier alpha value is -3.38. The molecule has 12 heteroatoms. The van der Waals surface area contributed by atoms with E-state index in [0.717, 1.165) is 28.6 Å². The summed E-state index contributed by atoms with van der Waals surface area (Å²) in [4.78, 5) is 35.1. The first-order chi connectivity index (χ1) is 15.6. The van der Waals surface area contributed by atoms with Gasteiger partial charge < -0.3 is 10.1 Å². The van der Waals surface area contributed by atoms with Gasteiger partial charge in [-0.15, -0.1) is 0 Å². The number of aryl methyl sites for hydroxylation is 1. The lowest BCUT2D eigenvalue weighted by atomic mass is 10.00. The SMILES string of the molecule is Cc1cccc([N+](=O)[O-])c1NC(=O)COC(=O)C1CCCN(S(=O)(=O)c2ccc(F)cc2)C1. The number of hydrogen-bond acceptors (Lipinski definition) is 7. The van der Waals surface area contributed by atoms with Crippen molar-refractivity contribution in [1.29, 1.82) is 0 Å². The number of piperidine rings is 1. The quantitative estimate of drug-likeness (QED) is 0.366. The predicted molar refractivity (Wildman–Crippen MR) is 115 cm³/mol. The molecule has 0 saturated carbocycles. The van der Waals surface area contributed by atoms with Crippen molar-refractivity contribution in [2.24, 2.45) is 5.92 Å². The van der Waals surface area contributed by atoms with Gasteiger partial charge in [-0.25, -0.2) is 12.8 Å². The second-order valence-electron chi connectivity index (χ2n) is 7.54. The van der Waals surface area contributed by atoms with Crippen LogP contribution in [0.5, 0.6) is 0 Å². The zero-order chi connectivity index (χ0) is 24.2. The van der Waals surface area contributed by atoms with Gasteiger partial charge in [0.05, 0.1) is 15.7 Å². The van der Waals surface area contributed by atoms with Crippen molar-refractivity contribution < 1.29 is 32.1 Å². The molecule has 1 heterocycles. The molecule has 0 radical (unpaired) electrons. The van der Waals surface area contributed by atoms with Gasteiger partial charge in [0.25, 0.3) is 11.6 Å². The van der Waals surface area contributed by atoms with Crippen LogP contribution in [0.4, 0.5) is 15.8 Å². The van der Waals surface area contributed by atoms with Crippen molar-refractivity contribution in [1.82, 2.24) is 4.31 Å². The molecular formula is C21H22FN3O7S. The standard InChI is InChI=1S/C21H22FN3O7S/c1-14-4-2-6-18(25(28)29)20(14)23-19(26)13-32-21(27)15-5-3-11-24(12-15)33(30,31)17-9-7-16(22)8-10-17/h2,4,6-10,15H,3,5,11-13H2,1H3,(H,23,26). The molecule has 0 aromatic heterocycles. The Bertz CT molecular complexity index is 1170. The molecule has 176 valence electrons. The molecule has 1 atom stereocenters. The highest BCUT2D eigenvalue weighted by molar-refractivity contribution is 7.89. The average Bonchev–Trinajstić information content (AvgIpc) is 2.79. The van der Waals surface area contributed by atoms with Crippen LogP contribution in [0.3, 0.4) is 0 Å². The van der Waals surface area contributed by atoms with Crippen LogP contribution in [0.1, 0.15) is 18.4 Å². The number of nitrogens with one attached hydrogen (secondary N) is 1. The first kappa shape index (κ1) is 24.3. The third kappa shape index (κ3) is 5.71. The summed E-state index contributed by atoms with van der Waals surface area (Å²) in [5.41, 5.74) is 0.194. The molecule has 1 unspecified atom stereocenters. The molecule has 0 aliphatic carbocycles. The van der Waals surface area contributed by atoms with Crippen LogP contribution in [-0.4, -0.2) is 49.2 Å². The molecule has 1 aliphatic rings. The molecule has 1 N–H and O–H groups in total. The van der Waals surface area contributed by atoms with Gasteiger partial charge in [-0.1, -0.05) is 12.1 Å². The Kier molecular flexibility index (Phi) is 7.39. The summed E-state index contributed by atoms with van der Waals surface area (Å²) in [6.07, 6.45) is 0.779. The van der Waals surface area contributed by atoms with E-state index in [9.17, 15) is 32.5 Å². The summed E-state index contributed by atoms with van der Waals surface area (Å²) >= 11 is 0. The Morgan fingerprint density at radius 1 is 1.24 bits per heavy atom. The largest absolute Gasteiger partial charge is 0.455 e. The lowest BCUT2D eigenvalue weighted by Crippen LogP contribution is -2.43. The van der Waals surface area contributed by atoms with Crippen LogP contribution in [-0.2, 0) is 24.3 Å². The molecule has 0 spiro atoms. The van der Waals surface area contributed by atoms with Crippen LogP contribution in [0, 0.1) is 28.8 Å². The molecule has 33 heavy (non-hydrogen) atoms. The molecule has 1 fully saturated rings. The van der Waals surface area contributed by atoms with Gasteiger partial charge in [0, 0.05) is 19.2 Å². The number of nitro benzene ring substituents is 1. The minimum Gasteiger partial charge on any atom is -0.455 e. The molecule has 1 aliphatic heterocycles. The number of rotatable bonds is 7. The van der Waals surface area contributed by atoms with E-state index in [-0.39, 0.29) is 29.4 Å². The second kappa shape index (κ2) is 10.0. The van der Waals surface area contributed by atoms with Crippen molar-refractivity contribution in [3.63, 3.8) is 0 Å². The van der Waals surface area contributed by atoms with Crippen LogP contribution >= 0.6 is 0 Å².